The van der Waals surface area contributed by atoms with Crippen molar-refractivity contribution < 1.29 is 33.3 Å². The number of nitrogens with one attached hydrogen (secondary N) is 1. The number of hydrogen-bond acceptors (Lipinski definition) is 12. The molecular formula is C33H34N6O7. The molecule has 4 atom stereocenters. The van der Waals surface area contributed by atoms with E-state index in [-0.39, 0.29) is 24.0 Å². The Morgan fingerprint density at radius 2 is 1.50 bits per heavy atom. The summed E-state index contributed by atoms with van der Waals surface area (Å²) in [5.41, 5.74) is 5.03. The van der Waals surface area contributed by atoms with E-state index >= 15 is 0 Å². The number of imidazole rings is 1. The van der Waals surface area contributed by atoms with Gasteiger partial charge in [0.1, 0.15) is 18.8 Å². The monoisotopic (exact) mass is 626 g/mol. The molecule has 13 heteroatoms. The number of ether oxygens (including phenoxy) is 4. The molecule has 5 rings (SSSR count). The van der Waals surface area contributed by atoms with Gasteiger partial charge in [-0.15, -0.1) is 0 Å². The first kappa shape index (κ1) is 32.1. The lowest BCUT2D eigenvalue weighted by Crippen LogP contribution is -2.40. The molecule has 0 bridgehead atoms. The number of carbonyl (C=O) groups is 3. The van der Waals surface area contributed by atoms with Crippen molar-refractivity contribution in [2.75, 3.05) is 18.5 Å². The van der Waals surface area contributed by atoms with Gasteiger partial charge in [0.05, 0.1) is 6.33 Å². The van der Waals surface area contributed by atoms with Gasteiger partial charge >= 0.3 is 17.9 Å². The standard InChI is InChI=1S/C33H34N6O7/c1-18-6-10-23(11-7-18)25(24-12-8-19(2)9-13-24)15-35-31-28-32(38-27(14-34)37-31)39(17-36-28)33-30(45-22(5)42)29(44-21(4)41)26(46-33)16-43-20(3)40/h6-13,17,25-26,29-30,33H,15-16H2,1-5H3,(H,35,37,38)/t26-,29+,30+,33+/m0/s1. The smallest absolute Gasteiger partial charge is 0.303 e. The Hall–Kier alpha value is -5.35. The number of nitriles is 1. The van der Waals surface area contributed by atoms with E-state index in [1.54, 1.807) is 0 Å². The summed E-state index contributed by atoms with van der Waals surface area (Å²) in [5.74, 6) is -1.74. The maximum Gasteiger partial charge on any atom is 0.303 e. The van der Waals surface area contributed by atoms with E-state index in [2.05, 4.69) is 68.8 Å². The number of benzene rings is 2. The number of aromatic nitrogens is 4. The number of rotatable bonds is 10. The van der Waals surface area contributed by atoms with E-state index in [0.717, 1.165) is 22.3 Å². The summed E-state index contributed by atoms with van der Waals surface area (Å²) in [6.45, 7) is 7.88. The molecule has 1 saturated heterocycles. The van der Waals surface area contributed by atoms with Crippen molar-refractivity contribution in [3.63, 3.8) is 0 Å². The molecule has 0 saturated carbocycles. The molecule has 0 unspecified atom stereocenters. The van der Waals surface area contributed by atoms with Crippen LogP contribution in [-0.4, -0.2) is 68.9 Å². The number of carbonyl (C=O) groups excluding carboxylic acids is 3. The largest absolute Gasteiger partial charge is 0.463 e. The first-order chi connectivity index (χ1) is 22.0. The highest BCUT2D eigenvalue weighted by Gasteiger charge is 2.51. The lowest BCUT2D eigenvalue weighted by molar-refractivity contribution is -0.166. The molecule has 1 fully saturated rings. The van der Waals surface area contributed by atoms with Crippen LogP contribution in [0.1, 0.15) is 61.0 Å². The maximum atomic E-state index is 12.2. The molecular weight excluding hydrogens is 592 g/mol. The molecule has 13 nitrogen and oxygen atoms in total. The Morgan fingerprint density at radius 1 is 0.913 bits per heavy atom. The average molecular weight is 627 g/mol. The summed E-state index contributed by atoms with van der Waals surface area (Å²) in [6.07, 6.45) is -2.91. The van der Waals surface area contributed by atoms with Gasteiger partial charge < -0.3 is 24.3 Å². The van der Waals surface area contributed by atoms with E-state index in [0.29, 0.717) is 17.9 Å². The molecule has 4 aromatic rings. The molecule has 2 aromatic carbocycles. The zero-order valence-electron chi connectivity index (χ0n) is 26.1. The van der Waals surface area contributed by atoms with Crippen LogP contribution in [0.15, 0.2) is 54.9 Å². The number of hydrogen-bond donors (Lipinski definition) is 1. The highest BCUT2D eigenvalue weighted by molar-refractivity contribution is 5.83. The molecule has 2 aromatic heterocycles. The van der Waals surface area contributed by atoms with Gasteiger partial charge in [0, 0.05) is 33.2 Å². The third-order valence-electron chi connectivity index (χ3n) is 7.57. The van der Waals surface area contributed by atoms with Crippen molar-refractivity contribution >= 4 is 34.9 Å². The fraction of sp³-hybridized carbons (Fsp3) is 0.364. The van der Waals surface area contributed by atoms with Crippen LogP contribution in [0, 0.1) is 25.2 Å². The second-order valence-corrected chi connectivity index (χ2v) is 11.1. The Labute approximate surface area is 265 Å². The highest BCUT2D eigenvalue weighted by Crippen LogP contribution is 2.37. The molecule has 1 N–H and O–H groups in total. The quantitative estimate of drug-likeness (QED) is 0.200. The topological polar surface area (TPSA) is 168 Å². The third-order valence-corrected chi connectivity index (χ3v) is 7.57. The Balaban J connectivity index is 1.52. The van der Waals surface area contributed by atoms with E-state index in [1.807, 2.05) is 19.9 Å². The predicted octanol–water partition coefficient (Wildman–Crippen LogP) is 3.88. The fourth-order valence-corrected chi connectivity index (χ4v) is 5.42. The minimum absolute atomic E-state index is 0.0585. The molecule has 3 heterocycles. The van der Waals surface area contributed by atoms with Crippen LogP contribution in [0.25, 0.3) is 11.2 Å². The van der Waals surface area contributed by atoms with Gasteiger partial charge in [0.2, 0.25) is 5.82 Å². The molecule has 0 amide bonds. The molecule has 0 radical (unpaired) electrons. The van der Waals surface area contributed by atoms with Crippen molar-refractivity contribution in [1.82, 2.24) is 19.5 Å². The zero-order chi connectivity index (χ0) is 33.0. The van der Waals surface area contributed by atoms with Gasteiger partial charge in [-0.05, 0) is 25.0 Å². The molecule has 0 spiro atoms. The SMILES string of the molecule is CC(=O)OC[C@@H]1O[C@@H](n2cnc3c(NCC(c4ccc(C)cc4)c4ccc(C)cc4)nc(C#N)nc32)[C@H](OC(C)=O)[C@@H]1OC(C)=O. The zero-order valence-corrected chi connectivity index (χ0v) is 26.1. The summed E-state index contributed by atoms with van der Waals surface area (Å²) in [5, 5.41) is 13.2. The van der Waals surface area contributed by atoms with Gasteiger partial charge in [0.15, 0.2) is 35.4 Å². The van der Waals surface area contributed by atoms with Crippen LogP contribution in [0.5, 0.6) is 0 Å². The van der Waals surface area contributed by atoms with Gasteiger partial charge in [-0.3, -0.25) is 19.0 Å². The Bertz CT molecular complexity index is 1740. The minimum Gasteiger partial charge on any atom is -0.463 e. The van der Waals surface area contributed by atoms with Crippen molar-refractivity contribution in [1.29, 1.82) is 5.26 Å². The van der Waals surface area contributed by atoms with Gasteiger partial charge in [0.25, 0.3) is 0 Å². The molecule has 0 aliphatic carbocycles. The lowest BCUT2D eigenvalue weighted by atomic mass is 9.90. The van der Waals surface area contributed by atoms with Crippen LogP contribution in [-0.2, 0) is 33.3 Å². The first-order valence-corrected chi connectivity index (χ1v) is 14.7. The van der Waals surface area contributed by atoms with Crippen LogP contribution >= 0.6 is 0 Å². The van der Waals surface area contributed by atoms with E-state index < -0.39 is 42.4 Å². The molecule has 238 valence electrons. The summed E-state index contributed by atoms with van der Waals surface area (Å²) in [6, 6.07) is 18.6. The summed E-state index contributed by atoms with van der Waals surface area (Å²) in [4.78, 5) is 49.1. The summed E-state index contributed by atoms with van der Waals surface area (Å²) < 4.78 is 23.8. The number of aryl methyl sites for hydroxylation is 2. The number of anilines is 1. The fourth-order valence-electron chi connectivity index (χ4n) is 5.42. The predicted molar refractivity (Wildman–Crippen MR) is 164 cm³/mol. The average Bonchev–Trinajstić information content (AvgIpc) is 3.58. The second-order valence-electron chi connectivity index (χ2n) is 11.1. The number of fused-ring (bicyclic) bond motifs is 1. The van der Waals surface area contributed by atoms with Gasteiger partial charge in [-0.1, -0.05) is 59.7 Å². The number of nitrogens with zero attached hydrogens (tertiary/aromatic N) is 5. The van der Waals surface area contributed by atoms with Crippen molar-refractivity contribution in [2.45, 2.75) is 65.1 Å². The number of esters is 3. The van der Waals surface area contributed by atoms with Crippen LogP contribution in [0.4, 0.5) is 5.82 Å². The third kappa shape index (κ3) is 7.13. The lowest BCUT2D eigenvalue weighted by Gasteiger charge is -2.23. The molecule has 46 heavy (non-hydrogen) atoms. The van der Waals surface area contributed by atoms with E-state index in [1.165, 1.54) is 31.7 Å². The molecule has 1 aliphatic rings. The summed E-state index contributed by atoms with van der Waals surface area (Å²) >= 11 is 0. The van der Waals surface area contributed by atoms with Crippen LogP contribution in [0.2, 0.25) is 0 Å². The van der Waals surface area contributed by atoms with Crippen LogP contribution < -0.4 is 5.32 Å². The van der Waals surface area contributed by atoms with Gasteiger partial charge in [-0.2, -0.15) is 15.2 Å². The van der Waals surface area contributed by atoms with Crippen LogP contribution in [0.3, 0.4) is 0 Å². The Kier molecular flexibility index (Phi) is 9.58. The normalized spacial score (nSPS) is 19.1. The minimum atomic E-state index is -1.15. The first-order valence-electron chi connectivity index (χ1n) is 14.7. The van der Waals surface area contributed by atoms with E-state index in [9.17, 15) is 19.6 Å². The highest BCUT2D eigenvalue weighted by atomic mass is 16.7. The summed E-state index contributed by atoms with van der Waals surface area (Å²) in [7, 11) is 0. The van der Waals surface area contributed by atoms with Crippen molar-refractivity contribution in [2.24, 2.45) is 0 Å². The second kappa shape index (κ2) is 13.7. The molecule has 1 aliphatic heterocycles. The maximum absolute atomic E-state index is 12.2. The van der Waals surface area contributed by atoms with E-state index in [4.69, 9.17) is 18.9 Å². The van der Waals surface area contributed by atoms with Gasteiger partial charge in [-0.25, -0.2) is 4.98 Å². The Morgan fingerprint density at radius 3 is 2.04 bits per heavy atom. The van der Waals surface area contributed by atoms with Crippen molar-refractivity contribution in [3.05, 3.63) is 82.9 Å². The van der Waals surface area contributed by atoms with Crippen molar-refractivity contribution in [3.8, 4) is 6.07 Å².